The maximum atomic E-state index is 4.76. The first-order valence-electron chi connectivity index (χ1n) is 17.7. The smallest absolute Gasteiger partial charge is 0.0714 e. The van der Waals surface area contributed by atoms with Gasteiger partial charge in [0.2, 0.25) is 0 Å². The molecule has 0 saturated carbocycles. The van der Waals surface area contributed by atoms with Crippen molar-refractivity contribution in [1.82, 2.24) is 19.9 Å². The number of hydrogen-bond donors (Lipinski definition) is 0. The van der Waals surface area contributed by atoms with E-state index in [1.165, 1.54) is 21.9 Å². The van der Waals surface area contributed by atoms with E-state index in [0.29, 0.717) is 0 Å². The van der Waals surface area contributed by atoms with Crippen molar-refractivity contribution in [3.05, 3.63) is 193 Å². The Kier molecular flexibility index (Phi) is 10.9. The van der Waals surface area contributed by atoms with E-state index in [9.17, 15) is 0 Å². The molecule has 0 aliphatic heterocycles. The maximum Gasteiger partial charge on any atom is 0.0714 e. The van der Waals surface area contributed by atoms with Crippen molar-refractivity contribution in [3.63, 3.8) is 0 Å². The van der Waals surface area contributed by atoms with Gasteiger partial charge in [-0.15, -0.1) is 65.2 Å². The van der Waals surface area contributed by atoms with Crippen LogP contribution in [0.4, 0.5) is 0 Å². The molecular weight excluding hydrogens is 837 g/mol. The summed E-state index contributed by atoms with van der Waals surface area (Å²) in [5.41, 5.74) is 15.0. The molecule has 9 aromatic rings. The average molecular weight is 873 g/mol. The Morgan fingerprint density at radius 3 is 1.81 bits per heavy atom. The number of hydrogen-bond acceptors (Lipinski definition) is 4. The van der Waals surface area contributed by atoms with Crippen molar-refractivity contribution in [2.24, 2.45) is 0 Å². The zero-order valence-electron chi connectivity index (χ0n) is 30.2. The average Bonchev–Trinajstić information content (AvgIpc) is 3.21. The summed E-state index contributed by atoms with van der Waals surface area (Å²) in [6.07, 6.45) is 7.40. The predicted molar refractivity (Wildman–Crippen MR) is 218 cm³/mol. The van der Waals surface area contributed by atoms with Gasteiger partial charge in [0.1, 0.15) is 0 Å². The number of aryl methyl sites for hydroxylation is 3. The van der Waals surface area contributed by atoms with Crippen molar-refractivity contribution < 1.29 is 20.1 Å². The van der Waals surface area contributed by atoms with E-state index in [1.54, 1.807) is 6.20 Å². The van der Waals surface area contributed by atoms with E-state index in [0.717, 1.165) is 72.5 Å². The second kappa shape index (κ2) is 16.3. The summed E-state index contributed by atoms with van der Waals surface area (Å²) >= 11 is 0. The van der Waals surface area contributed by atoms with E-state index in [4.69, 9.17) is 9.97 Å². The van der Waals surface area contributed by atoms with E-state index in [2.05, 4.69) is 122 Å². The van der Waals surface area contributed by atoms with Crippen molar-refractivity contribution in [2.45, 2.75) is 20.8 Å². The molecule has 4 aromatic heterocycles. The standard InChI is InChI=1S/C38H28N3.C11H8N.Ir/c1-24-12-15-40-36(17-24)27-11-10-26(3)34(22-27)28-19-29(21-30(20-28)37-18-25(2)13-16-41-37)35-23-38-33(9-6-14-39-38)31-7-4-5-8-32(31)35;1-2-6-10(7-3-1)11-8-4-5-9-12-11;/h4-10,12-23H,1-3H3;1-6,8-9H;/q2*-1;. The fraction of sp³-hybridized carbons (Fsp3) is 0.0612. The fourth-order valence-electron chi connectivity index (χ4n) is 6.73. The molecule has 0 spiro atoms. The third-order valence-electron chi connectivity index (χ3n) is 9.39. The van der Waals surface area contributed by atoms with Gasteiger partial charge in [-0.25, -0.2) is 0 Å². The monoisotopic (exact) mass is 873 g/mol. The molecule has 4 nitrogen and oxygen atoms in total. The number of benzene rings is 5. The van der Waals surface area contributed by atoms with Gasteiger partial charge in [0.15, 0.2) is 0 Å². The van der Waals surface area contributed by atoms with Gasteiger partial charge < -0.3 is 9.97 Å². The van der Waals surface area contributed by atoms with Crippen LogP contribution in [0.15, 0.2) is 164 Å². The summed E-state index contributed by atoms with van der Waals surface area (Å²) in [6.45, 7) is 6.34. The van der Waals surface area contributed by atoms with Crippen LogP contribution in [0.25, 0.3) is 77.7 Å². The Morgan fingerprint density at radius 1 is 0.426 bits per heavy atom. The van der Waals surface area contributed by atoms with Gasteiger partial charge >= 0.3 is 0 Å². The normalized spacial score (nSPS) is 10.7. The largest absolute Gasteiger partial charge is 0.305 e. The molecule has 0 unspecified atom stereocenters. The Bertz CT molecular complexity index is 2670. The summed E-state index contributed by atoms with van der Waals surface area (Å²) in [7, 11) is 0. The Balaban J connectivity index is 0.000000294. The zero-order chi connectivity index (χ0) is 36.1. The molecule has 54 heavy (non-hydrogen) atoms. The summed E-state index contributed by atoms with van der Waals surface area (Å²) in [6, 6.07) is 54.7. The minimum atomic E-state index is 0. The van der Waals surface area contributed by atoms with Gasteiger partial charge in [-0.3, -0.25) is 9.97 Å². The number of pyridine rings is 4. The SMILES string of the molecule is Cc1ccnc(-c2[c-]cc(C)c(-c3cc(-c4cc(C)ccn4)cc(-c4cc5ncccc5c5ccccc45)c3)c2)c1.[Ir].[c-]1ccccc1-c1ccccn1. The zero-order valence-corrected chi connectivity index (χ0v) is 32.6. The summed E-state index contributed by atoms with van der Waals surface area (Å²) in [5.74, 6) is 0. The minimum Gasteiger partial charge on any atom is -0.305 e. The molecule has 5 aromatic carbocycles. The Labute approximate surface area is 330 Å². The maximum absolute atomic E-state index is 4.76. The third-order valence-corrected chi connectivity index (χ3v) is 9.39. The molecule has 4 heterocycles. The van der Waals surface area contributed by atoms with Crippen LogP contribution < -0.4 is 0 Å². The molecule has 0 bridgehead atoms. The van der Waals surface area contributed by atoms with E-state index in [-0.39, 0.29) is 20.1 Å². The van der Waals surface area contributed by atoms with E-state index >= 15 is 0 Å². The van der Waals surface area contributed by atoms with Gasteiger partial charge in [-0.2, -0.15) is 0 Å². The first-order valence-corrected chi connectivity index (χ1v) is 17.7. The molecule has 0 fully saturated rings. The van der Waals surface area contributed by atoms with Crippen LogP contribution in [0.1, 0.15) is 16.7 Å². The molecule has 0 N–H and O–H groups in total. The van der Waals surface area contributed by atoms with Gasteiger partial charge in [0, 0.05) is 55.8 Å². The molecule has 0 amide bonds. The molecule has 0 atom stereocenters. The quantitative estimate of drug-likeness (QED) is 0.128. The topological polar surface area (TPSA) is 51.6 Å². The van der Waals surface area contributed by atoms with Crippen molar-refractivity contribution in [2.75, 3.05) is 0 Å². The molecule has 0 saturated heterocycles. The van der Waals surface area contributed by atoms with E-state index < -0.39 is 0 Å². The second-order valence-corrected chi connectivity index (χ2v) is 13.2. The van der Waals surface area contributed by atoms with E-state index in [1.807, 2.05) is 79.3 Å². The number of fused-ring (bicyclic) bond motifs is 3. The van der Waals surface area contributed by atoms with Gasteiger partial charge in [0.05, 0.1) is 11.2 Å². The van der Waals surface area contributed by atoms with Crippen LogP contribution in [0.5, 0.6) is 0 Å². The van der Waals surface area contributed by atoms with Crippen molar-refractivity contribution in [3.8, 4) is 56.0 Å². The molecule has 5 heteroatoms. The fourth-order valence-corrected chi connectivity index (χ4v) is 6.73. The van der Waals surface area contributed by atoms with Crippen LogP contribution in [0, 0.1) is 32.9 Å². The first-order chi connectivity index (χ1) is 26.0. The van der Waals surface area contributed by atoms with Crippen LogP contribution in [0.3, 0.4) is 0 Å². The summed E-state index contributed by atoms with van der Waals surface area (Å²) < 4.78 is 0. The Hall–Kier alpha value is -6.13. The van der Waals surface area contributed by atoms with Crippen LogP contribution in [-0.4, -0.2) is 19.9 Å². The summed E-state index contributed by atoms with van der Waals surface area (Å²) in [4.78, 5) is 18.3. The van der Waals surface area contributed by atoms with Gasteiger partial charge in [-0.1, -0.05) is 66.6 Å². The molecular formula is C49H36IrN4-2. The van der Waals surface area contributed by atoms with Crippen LogP contribution >= 0.6 is 0 Å². The molecule has 0 aliphatic rings. The molecule has 0 aliphatic carbocycles. The molecule has 1 radical (unpaired) electrons. The first kappa shape index (κ1) is 36.2. The number of aromatic nitrogens is 4. The van der Waals surface area contributed by atoms with Gasteiger partial charge in [0.25, 0.3) is 0 Å². The molecule has 9 rings (SSSR count). The van der Waals surface area contributed by atoms with Crippen LogP contribution in [0.2, 0.25) is 0 Å². The summed E-state index contributed by atoms with van der Waals surface area (Å²) in [5, 5.41) is 3.57. The predicted octanol–water partition coefficient (Wildman–Crippen LogP) is 12.1. The third kappa shape index (κ3) is 7.79. The number of nitrogens with zero attached hydrogens (tertiary/aromatic N) is 4. The van der Waals surface area contributed by atoms with Crippen molar-refractivity contribution >= 4 is 21.7 Å². The second-order valence-electron chi connectivity index (χ2n) is 13.2. The van der Waals surface area contributed by atoms with Crippen LogP contribution in [-0.2, 0) is 20.1 Å². The van der Waals surface area contributed by atoms with Gasteiger partial charge in [-0.05, 0) is 113 Å². The molecule has 263 valence electrons. The minimum absolute atomic E-state index is 0. The number of rotatable bonds is 5. The van der Waals surface area contributed by atoms with Crippen molar-refractivity contribution in [1.29, 1.82) is 0 Å². The Morgan fingerprint density at radius 2 is 1.07 bits per heavy atom.